The largest absolute Gasteiger partial charge is 0.496 e. The maximum absolute atomic E-state index is 13.0. The number of carbonyl (C=O) groups is 1. The molecule has 0 aliphatic rings. The number of anilines is 1. The lowest BCUT2D eigenvalue weighted by atomic mass is 10.1. The minimum atomic E-state index is -3.90. The number of nitrogens with zero attached hydrogens (tertiary/aromatic N) is 3. The van der Waals surface area contributed by atoms with Gasteiger partial charge in [-0.05, 0) is 42.4 Å². The second-order valence-electron chi connectivity index (χ2n) is 8.85. The number of aromatic nitrogens is 2. The van der Waals surface area contributed by atoms with Gasteiger partial charge in [-0.1, -0.05) is 41.9 Å². The number of ether oxygens (including phenoxy) is 2. The normalized spacial score (nSPS) is 11.3. The number of halogens is 2. The topological polar surface area (TPSA) is 115 Å². The van der Waals surface area contributed by atoms with E-state index < -0.39 is 10.0 Å². The van der Waals surface area contributed by atoms with Crippen molar-refractivity contribution in [3.05, 3.63) is 70.1 Å². The van der Waals surface area contributed by atoms with Gasteiger partial charge in [0.2, 0.25) is 5.91 Å². The van der Waals surface area contributed by atoms with Gasteiger partial charge >= 0.3 is 0 Å². The highest BCUT2D eigenvalue weighted by Gasteiger charge is 2.23. The molecular weight excluding hydrogens is 593 g/mol. The third-order valence-corrected chi connectivity index (χ3v) is 8.97. The third-order valence-electron chi connectivity index (χ3n) is 5.91. The molecule has 0 bridgehead atoms. The summed E-state index contributed by atoms with van der Waals surface area (Å²) in [6, 6.07) is 16.2. The van der Waals surface area contributed by atoms with Gasteiger partial charge in [-0.3, -0.25) is 23.5 Å². The van der Waals surface area contributed by atoms with Crippen LogP contribution in [-0.2, 0) is 32.6 Å². The van der Waals surface area contributed by atoms with Gasteiger partial charge in [0.25, 0.3) is 10.0 Å². The molecule has 2 aromatic carbocycles. The van der Waals surface area contributed by atoms with Crippen molar-refractivity contribution in [2.24, 2.45) is 0 Å². The summed E-state index contributed by atoms with van der Waals surface area (Å²) in [5.74, 6) is 0.578. The van der Waals surface area contributed by atoms with Crippen LogP contribution in [0.25, 0.3) is 10.9 Å². The smallest absolute Gasteiger partial charge is 0.272 e. The van der Waals surface area contributed by atoms with E-state index in [-0.39, 0.29) is 22.5 Å². The second kappa shape index (κ2) is 15.1. The number of thiophene rings is 1. The van der Waals surface area contributed by atoms with Crippen molar-refractivity contribution in [1.82, 2.24) is 20.0 Å². The van der Waals surface area contributed by atoms with Crippen molar-refractivity contribution in [3.63, 3.8) is 0 Å². The lowest BCUT2D eigenvalue weighted by Crippen LogP contribution is -2.36. The van der Waals surface area contributed by atoms with Gasteiger partial charge in [0.15, 0.2) is 5.82 Å². The summed E-state index contributed by atoms with van der Waals surface area (Å²) >= 11 is 6.92. The number of nitrogens with one attached hydrogen (secondary N) is 2. The number of alkyl halides is 1. The van der Waals surface area contributed by atoms with Crippen molar-refractivity contribution < 1.29 is 27.1 Å². The minimum absolute atomic E-state index is 0.0758. The average molecular weight is 626 g/mol. The van der Waals surface area contributed by atoms with E-state index >= 15 is 0 Å². The Morgan fingerprint density at radius 2 is 1.85 bits per heavy atom. The molecule has 0 aliphatic carbocycles. The maximum atomic E-state index is 13.0. The monoisotopic (exact) mass is 625 g/mol. The van der Waals surface area contributed by atoms with Gasteiger partial charge in [-0.15, -0.1) is 11.3 Å². The maximum Gasteiger partial charge on any atom is 0.272 e. The fraction of sp³-hybridized carbons (Fsp3) is 0.333. The van der Waals surface area contributed by atoms with E-state index in [1.807, 2.05) is 48.3 Å². The Kier molecular flexibility index (Phi) is 11.9. The Morgan fingerprint density at radius 3 is 2.54 bits per heavy atom. The number of rotatable bonds is 13. The minimum Gasteiger partial charge on any atom is -0.496 e. The molecule has 1 amide bonds. The molecule has 2 heterocycles. The second-order valence-corrected chi connectivity index (χ2v) is 12.5. The van der Waals surface area contributed by atoms with Gasteiger partial charge in [0, 0.05) is 20.2 Å². The van der Waals surface area contributed by atoms with E-state index in [1.54, 1.807) is 17.9 Å². The van der Waals surface area contributed by atoms with Crippen LogP contribution in [-0.4, -0.2) is 77.1 Å². The number of carbonyl (C=O) groups excluding carboxylic acids is 1. The van der Waals surface area contributed by atoms with Crippen molar-refractivity contribution in [3.8, 4) is 5.75 Å². The molecule has 41 heavy (non-hydrogen) atoms. The Bertz CT molecular complexity index is 1560. The number of methoxy groups -OCH3 is 2. The first-order valence-corrected chi connectivity index (χ1v) is 15.1. The molecule has 0 atom stereocenters. The highest BCUT2D eigenvalue weighted by molar-refractivity contribution is 7.94. The van der Waals surface area contributed by atoms with E-state index in [0.29, 0.717) is 54.4 Å². The third kappa shape index (κ3) is 8.63. The summed E-state index contributed by atoms with van der Waals surface area (Å²) in [7, 11) is 1.62. The molecule has 0 fully saturated rings. The van der Waals surface area contributed by atoms with Gasteiger partial charge in [-0.25, -0.2) is 8.42 Å². The van der Waals surface area contributed by atoms with Gasteiger partial charge in [0.1, 0.15) is 9.96 Å². The van der Waals surface area contributed by atoms with Gasteiger partial charge in [0.05, 0.1) is 49.2 Å². The first-order chi connectivity index (χ1) is 19.7. The molecule has 222 valence electrons. The average Bonchev–Trinajstić information content (AvgIpc) is 3.56. The van der Waals surface area contributed by atoms with Gasteiger partial charge in [-0.2, -0.15) is 5.10 Å². The quantitative estimate of drug-likeness (QED) is 0.226. The van der Waals surface area contributed by atoms with Crippen molar-refractivity contribution in [2.45, 2.75) is 17.3 Å². The van der Waals surface area contributed by atoms with Crippen molar-refractivity contribution >= 4 is 55.6 Å². The van der Waals surface area contributed by atoms with Crippen LogP contribution in [0.5, 0.6) is 5.75 Å². The fourth-order valence-corrected chi connectivity index (χ4v) is 6.51. The number of fused-ring (bicyclic) bond motifs is 1. The fourth-order valence-electron chi connectivity index (χ4n) is 4.02. The zero-order chi connectivity index (χ0) is 30.0. The van der Waals surface area contributed by atoms with E-state index in [2.05, 4.69) is 15.1 Å². The molecule has 2 N–H and O–H groups in total. The summed E-state index contributed by atoms with van der Waals surface area (Å²) in [5, 5.41) is 8.10. The molecule has 0 radical (unpaired) electrons. The van der Waals surface area contributed by atoms with Crippen LogP contribution in [0, 0.1) is 0 Å². The first kappa shape index (κ1) is 32.3. The first-order valence-electron chi connectivity index (χ1n) is 12.4. The van der Waals surface area contributed by atoms with E-state index in [1.165, 1.54) is 19.2 Å². The van der Waals surface area contributed by atoms with E-state index in [4.69, 9.17) is 21.1 Å². The van der Waals surface area contributed by atoms with Crippen LogP contribution in [0.4, 0.5) is 10.2 Å². The Labute approximate surface area is 248 Å². The van der Waals surface area contributed by atoms with Crippen LogP contribution < -0.4 is 14.8 Å². The zero-order valence-corrected chi connectivity index (χ0v) is 25.6. The molecule has 0 aliphatic heterocycles. The molecule has 0 saturated carbocycles. The van der Waals surface area contributed by atoms with Crippen molar-refractivity contribution in [1.29, 1.82) is 0 Å². The SMILES string of the molecule is CF.COCCN(C)CC(=O)NCc1cccc(Cn2nc(NS(=O)(=O)c3ccc(Cl)s3)c3c(OC)cccc32)c1. The summed E-state index contributed by atoms with van der Waals surface area (Å²) in [5.41, 5.74) is 2.57. The number of benzene rings is 2. The molecule has 0 saturated heterocycles. The lowest BCUT2D eigenvalue weighted by Gasteiger charge is -2.15. The Morgan fingerprint density at radius 1 is 1.12 bits per heavy atom. The summed E-state index contributed by atoms with van der Waals surface area (Å²) < 4.78 is 50.9. The van der Waals surface area contributed by atoms with Crippen LogP contribution in [0.3, 0.4) is 0 Å². The van der Waals surface area contributed by atoms with Crippen LogP contribution in [0.1, 0.15) is 11.1 Å². The molecule has 2 aromatic heterocycles. The van der Waals surface area contributed by atoms with Crippen LogP contribution in [0.15, 0.2) is 58.8 Å². The highest BCUT2D eigenvalue weighted by atomic mass is 35.5. The molecule has 0 unspecified atom stereocenters. The molecule has 4 rings (SSSR count). The predicted octanol–water partition coefficient (Wildman–Crippen LogP) is 4.39. The highest BCUT2D eigenvalue weighted by Crippen LogP contribution is 2.35. The summed E-state index contributed by atoms with van der Waals surface area (Å²) in [6.45, 7) is 2.26. The Balaban J connectivity index is 0.00000226. The van der Waals surface area contributed by atoms with Gasteiger partial charge < -0.3 is 14.8 Å². The van der Waals surface area contributed by atoms with Crippen molar-refractivity contribution in [2.75, 3.05) is 52.9 Å². The summed E-state index contributed by atoms with van der Waals surface area (Å²) in [6.07, 6.45) is 0. The number of hydrogen-bond acceptors (Lipinski definition) is 8. The number of hydrogen-bond donors (Lipinski definition) is 2. The molecule has 4 aromatic rings. The summed E-state index contributed by atoms with van der Waals surface area (Å²) in [4.78, 5) is 14.2. The van der Waals surface area contributed by atoms with Crippen LogP contribution in [0.2, 0.25) is 4.34 Å². The molecule has 14 heteroatoms. The predicted molar refractivity (Wildman–Crippen MR) is 160 cm³/mol. The van der Waals surface area contributed by atoms with Crippen LogP contribution >= 0.6 is 22.9 Å². The van der Waals surface area contributed by atoms with E-state index in [9.17, 15) is 17.6 Å². The number of likely N-dealkylation sites (N-methyl/N-ethyl adjacent to an activating group) is 1. The number of amides is 1. The zero-order valence-electron chi connectivity index (χ0n) is 23.2. The Hall–Kier alpha value is -3.23. The molecular formula is C27H33ClFN5O5S2. The van der Waals surface area contributed by atoms with E-state index in [0.717, 1.165) is 22.5 Å². The molecule has 10 nitrogen and oxygen atoms in total. The number of sulfonamides is 1. The molecule has 0 spiro atoms. The standard InChI is InChI=1S/C26H30ClN5O5S2.CH3F/c1-31(12-13-36-2)17-23(33)28-15-18-6-4-7-19(14-18)16-32-20-8-5-9-21(37-3)25(20)26(29-32)30-39(34,35)24-11-10-22(27)38-24;1-2/h4-11,14H,12-13,15-17H2,1-3H3,(H,28,33)(H,29,30);1H3. The lowest BCUT2D eigenvalue weighted by molar-refractivity contribution is -0.122.